The van der Waals surface area contributed by atoms with E-state index < -0.39 is 0 Å². The maximum Gasteiger partial charge on any atom is 0.273 e. The molecule has 0 bridgehead atoms. The Bertz CT molecular complexity index is 1470. The fraction of sp³-hybridized carbons (Fsp3) is 0.353. The minimum absolute atomic E-state index is 0.0277. The second-order valence-corrected chi connectivity index (χ2v) is 12.7. The van der Waals surface area contributed by atoms with Gasteiger partial charge in [0, 0.05) is 44.6 Å². The van der Waals surface area contributed by atoms with Crippen LogP contribution in [0.4, 0.5) is 10.1 Å². The van der Waals surface area contributed by atoms with Gasteiger partial charge >= 0.3 is 0 Å². The summed E-state index contributed by atoms with van der Waals surface area (Å²) in [4.78, 5) is 24.6. The second kappa shape index (κ2) is 13.0. The van der Waals surface area contributed by atoms with Crippen LogP contribution in [0, 0.1) is 5.82 Å². The Labute approximate surface area is 252 Å². The van der Waals surface area contributed by atoms with Gasteiger partial charge in [0.25, 0.3) is 5.91 Å². The van der Waals surface area contributed by atoms with Gasteiger partial charge in [-0.2, -0.15) is 0 Å². The van der Waals surface area contributed by atoms with E-state index in [9.17, 15) is 9.18 Å². The third-order valence-electron chi connectivity index (χ3n) is 7.67. The highest BCUT2D eigenvalue weighted by Gasteiger charge is 2.25. The zero-order valence-electron chi connectivity index (χ0n) is 24.8. The first-order valence-electron chi connectivity index (χ1n) is 14.4. The Hall–Kier alpha value is -3.75. The first-order valence-corrected chi connectivity index (χ1v) is 15.3. The molecule has 3 aromatic carbocycles. The van der Waals surface area contributed by atoms with Crippen molar-refractivity contribution in [1.82, 2.24) is 14.8 Å². The molecule has 220 valence electrons. The van der Waals surface area contributed by atoms with E-state index in [1.54, 1.807) is 7.11 Å². The summed E-state index contributed by atoms with van der Waals surface area (Å²) in [6.07, 6.45) is 0. The molecule has 0 unspecified atom stereocenters. The van der Waals surface area contributed by atoms with E-state index in [1.807, 2.05) is 40.6 Å². The molecule has 2 heterocycles. The number of nitrogens with zero attached hydrogens (tertiary/aromatic N) is 4. The number of benzene rings is 3. The Morgan fingerprint density at radius 2 is 1.52 bits per heavy atom. The number of amides is 1. The number of anilines is 1. The van der Waals surface area contributed by atoms with Crippen LogP contribution in [0.15, 0.2) is 78.2 Å². The number of piperazine rings is 1. The van der Waals surface area contributed by atoms with Gasteiger partial charge in [-0.05, 0) is 46.4 Å². The van der Waals surface area contributed by atoms with E-state index in [2.05, 4.69) is 60.9 Å². The topological polar surface area (TPSA) is 48.9 Å². The van der Waals surface area contributed by atoms with Gasteiger partial charge in [-0.1, -0.05) is 69.3 Å². The molecule has 1 aliphatic heterocycles. The van der Waals surface area contributed by atoms with E-state index in [4.69, 9.17) is 9.72 Å². The van der Waals surface area contributed by atoms with Crippen LogP contribution in [-0.2, 0) is 25.0 Å². The lowest BCUT2D eigenvalue weighted by Gasteiger charge is -2.36. The molecule has 0 saturated carbocycles. The minimum Gasteiger partial charge on any atom is -0.495 e. The molecular formula is C34H39FN4O2S. The number of aromatic nitrogens is 1. The Morgan fingerprint density at radius 3 is 2.14 bits per heavy atom. The summed E-state index contributed by atoms with van der Waals surface area (Å²) in [7, 11) is 1.68. The maximum atomic E-state index is 13.6. The fourth-order valence-corrected chi connectivity index (χ4v) is 6.07. The predicted octanol–water partition coefficient (Wildman–Crippen LogP) is 6.75. The highest BCUT2D eigenvalue weighted by atomic mass is 32.1. The van der Waals surface area contributed by atoms with Crippen LogP contribution in [0.1, 0.15) is 53.0 Å². The summed E-state index contributed by atoms with van der Waals surface area (Å²) in [5.41, 5.74) is 5.17. The number of para-hydroxylation sites is 2. The molecule has 1 aliphatic rings. The summed E-state index contributed by atoms with van der Waals surface area (Å²) < 4.78 is 19.1. The smallest absolute Gasteiger partial charge is 0.273 e. The average Bonchev–Trinajstić information content (AvgIpc) is 3.46. The average molecular weight is 587 g/mol. The van der Waals surface area contributed by atoms with Gasteiger partial charge in [0.1, 0.15) is 22.3 Å². The molecule has 0 atom stereocenters. The largest absolute Gasteiger partial charge is 0.495 e. The summed E-state index contributed by atoms with van der Waals surface area (Å²) in [6.45, 7) is 11.3. The van der Waals surface area contributed by atoms with E-state index in [1.165, 1.54) is 34.6 Å². The second-order valence-electron chi connectivity index (χ2n) is 11.8. The van der Waals surface area contributed by atoms with Crippen LogP contribution in [0.25, 0.3) is 0 Å². The molecule has 5 rings (SSSR count). The number of carbonyl (C=O) groups excluding carboxylic acids is 1. The zero-order valence-corrected chi connectivity index (χ0v) is 25.7. The molecular weight excluding hydrogens is 547 g/mol. The van der Waals surface area contributed by atoms with E-state index in [0.717, 1.165) is 41.6 Å². The first-order chi connectivity index (χ1) is 20.2. The molecule has 1 aromatic heterocycles. The monoisotopic (exact) mass is 586 g/mol. The first kappa shape index (κ1) is 29.7. The summed E-state index contributed by atoms with van der Waals surface area (Å²) in [5, 5.41) is 2.76. The summed E-state index contributed by atoms with van der Waals surface area (Å²) >= 11 is 1.51. The minimum atomic E-state index is -0.241. The Morgan fingerprint density at radius 1 is 0.905 bits per heavy atom. The van der Waals surface area contributed by atoms with Gasteiger partial charge in [-0.3, -0.25) is 9.69 Å². The van der Waals surface area contributed by atoms with Gasteiger partial charge in [0.05, 0.1) is 19.3 Å². The molecule has 8 heteroatoms. The molecule has 1 fully saturated rings. The van der Waals surface area contributed by atoms with Crippen molar-refractivity contribution in [3.05, 3.63) is 111 Å². The highest BCUT2D eigenvalue weighted by molar-refractivity contribution is 7.09. The standard InChI is InChI=1S/C34H39FN4O2S/c1-34(2,3)27-13-9-25(10-14-27)21-37(22-26-11-15-28(35)16-12-26)23-32-36-29(24-42-32)33(40)39-19-17-38(18-20-39)30-7-5-6-8-31(30)41-4/h5-16,24H,17-23H2,1-4H3. The van der Waals surface area contributed by atoms with Gasteiger partial charge < -0.3 is 14.5 Å². The lowest BCUT2D eigenvalue weighted by molar-refractivity contribution is 0.0741. The van der Waals surface area contributed by atoms with Gasteiger partial charge in [0.2, 0.25) is 0 Å². The number of halogens is 1. The van der Waals surface area contributed by atoms with Crippen molar-refractivity contribution in [2.45, 2.75) is 45.8 Å². The quantitative estimate of drug-likeness (QED) is 0.217. The van der Waals surface area contributed by atoms with Gasteiger partial charge in [-0.15, -0.1) is 11.3 Å². The van der Waals surface area contributed by atoms with Crippen LogP contribution >= 0.6 is 11.3 Å². The maximum absolute atomic E-state index is 13.6. The SMILES string of the molecule is COc1ccccc1N1CCN(C(=O)c2csc(CN(Cc3ccc(F)cc3)Cc3ccc(C(C)(C)C)cc3)n2)CC1. The van der Waals surface area contributed by atoms with Crippen molar-refractivity contribution >= 4 is 22.9 Å². The van der Waals surface area contributed by atoms with Crippen molar-refractivity contribution in [1.29, 1.82) is 0 Å². The molecule has 0 spiro atoms. The number of thiazole rings is 1. The Balaban J connectivity index is 1.25. The predicted molar refractivity (Wildman–Crippen MR) is 168 cm³/mol. The van der Waals surface area contributed by atoms with Crippen LogP contribution in [0.2, 0.25) is 0 Å². The lowest BCUT2D eigenvalue weighted by atomic mass is 9.87. The fourth-order valence-electron chi connectivity index (χ4n) is 5.26. The van der Waals surface area contributed by atoms with Gasteiger partial charge in [-0.25, -0.2) is 9.37 Å². The molecule has 4 aromatic rings. The molecule has 0 radical (unpaired) electrons. The van der Waals surface area contributed by atoms with Crippen molar-refractivity contribution in [2.75, 3.05) is 38.2 Å². The molecule has 0 aliphatic carbocycles. The molecule has 0 N–H and O–H groups in total. The highest BCUT2D eigenvalue weighted by Crippen LogP contribution is 2.29. The van der Waals surface area contributed by atoms with Crippen molar-refractivity contribution in [3.63, 3.8) is 0 Å². The normalized spacial score (nSPS) is 14.0. The van der Waals surface area contributed by atoms with Crippen LogP contribution in [-0.4, -0.2) is 54.0 Å². The number of ether oxygens (including phenoxy) is 1. The van der Waals surface area contributed by atoms with Crippen molar-refractivity contribution in [2.24, 2.45) is 0 Å². The van der Waals surface area contributed by atoms with Crippen LogP contribution in [0.3, 0.4) is 0 Å². The van der Waals surface area contributed by atoms with Crippen LogP contribution in [0.5, 0.6) is 5.75 Å². The summed E-state index contributed by atoms with van der Waals surface area (Å²) in [5.74, 6) is 0.576. The zero-order chi connectivity index (χ0) is 29.7. The summed E-state index contributed by atoms with van der Waals surface area (Å²) in [6, 6.07) is 23.4. The number of hydrogen-bond donors (Lipinski definition) is 0. The van der Waals surface area contributed by atoms with Crippen molar-refractivity contribution in [3.8, 4) is 5.75 Å². The lowest BCUT2D eigenvalue weighted by Crippen LogP contribution is -2.49. The third-order valence-corrected chi connectivity index (χ3v) is 8.50. The van der Waals surface area contributed by atoms with Crippen LogP contribution < -0.4 is 9.64 Å². The number of hydrogen-bond acceptors (Lipinski definition) is 6. The molecule has 42 heavy (non-hydrogen) atoms. The van der Waals surface area contributed by atoms with Crippen molar-refractivity contribution < 1.29 is 13.9 Å². The van der Waals surface area contributed by atoms with E-state index in [0.29, 0.717) is 31.9 Å². The number of methoxy groups -OCH3 is 1. The molecule has 1 saturated heterocycles. The van der Waals surface area contributed by atoms with E-state index >= 15 is 0 Å². The van der Waals surface area contributed by atoms with Gasteiger partial charge in [0.15, 0.2) is 0 Å². The molecule has 6 nitrogen and oxygen atoms in total. The number of carbonyl (C=O) groups is 1. The molecule has 1 amide bonds. The number of rotatable bonds is 9. The van der Waals surface area contributed by atoms with E-state index in [-0.39, 0.29) is 17.1 Å². The Kier molecular flexibility index (Phi) is 9.24. The third kappa shape index (κ3) is 7.36.